The number of anilines is 4. The van der Waals surface area contributed by atoms with Crippen molar-refractivity contribution in [3.8, 4) is 23.0 Å². The molecule has 0 unspecified atom stereocenters. The quantitative estimate of drug-likeness (QED) is 0.269. The van der Waals surface area contributed by atoms with Crippen LogP contribution in [0.4, 0.5) is 22.6 Å². The van der Waals surface area contributed by atoms with Crippen molar-refractivity contribution in [2.45, 2.75) is 13.8 Å². The summed E-state index contributed by atoms with van der Waals surface area (Å²) in [5.74, 6) is 2.57. The summed E-state index contributed by atoms with van der Waals surface area (Å²) in [5, 5.41) is 7.58. The Bertz CT molecular complexity index is 1440. The fraction of sp³-hybridized carbons (Fsp3) is 0.280. The first-order valence-electron chi connectivity index (χ1n) is 11.2. The summed E-state index contributed by atoms with van der Waals surface area (Å²) in [6, 6.07) is 9.00. The number of hydrogen-bond acceptors (Lipinski definition) is 12. The summed E-state index contributed by atoms with van der Waals surface area (Å²) in [4.78, 5) is 26.4. The van der Waals surface area contributed by atoms with Gasteiger partial charge in [0.2, 0.25) is 5.95 Å². The van der Waals surface area contributed by atoms with Gasteiger partial charge in [-0.2, -0.15) is 4.98 Å². The zero-order chi connectivity index (χ0) is 26.5. The minimum Gasteiger partial charge on any atom is -0.493 e. The van der Waals surface area contributed by atoms with Gasteiger partial charge in [0.1, 0.15) is 10.7 Å². The highest BCUT2D eigenvalue weighted by Gasteiger charge is 2.19. The Morgan fingerprint density at radius 3 is 2.22 bits per heavy atom. The van der Waals surface area contributed by atoms with Gasteiger partial charge in [-0.05, 0) is 32.0 Å². The lowest BCUT2D eigenvalue weighted by Gasteiger charge is -2.15. The summed E-state index contributed by atoms with van der Waals surface area (Å²) in [6.45, 7) is 3.78. The first kappa shape index (κ1) is 25.8. The second kappa shape index (κ2) is 11.2. The van der Waals surface area contributed by atoms with Gasteiger partial charge in [0.25, 0.3) is 0 Å². The third-order valence-electron chi connectivity index (χ3n) is 5.32. The number of hydrogen-bond donors (Lipinski definition) is 2. The minimum atomic E-state index is -0.419. The van der Waals surface area contributed by atoms with Crippen molar-refractivity contribution in [1.29, 1.82) is 0 Å². The molecule has 0 aliphatic rings. The number of aryl methyl sites for hydroxylation is 1. The molecule has 0 fully saturated rings. The molecule has 0 aliphatic carbocycles. The van der Waals surface area contributed by atoms with Crippen molar-refractivity contribution in [2.75, 3.05) is 45.7 Å². The highest BCUT2D eigenvalue weighted by atomic mass is 32.1. The average molecular weight is 526 g/mol. The molecule has 2 N–H and O–H groups in total. The van der Waals surface area contributed by atoms with E-state index in [1.54, 1.807) is 66.6 Å². The topological polar surface area (TPSA) is 126 Å². The van der Waals surface area contributed by atoms with Crippen LogP contribution in [0.1, 0.15) is 22.3 Å². The molecule has 12 heteroatoms. The predicted octanol–water partition coefficient (Wildman–Crippen LogP) is 5.09. The van der Waals surface area contributed by atoms with E-state index in [4.69, 9.17) is 23.7 Å². The molecule has 11 nitrogen and oxygen atoms in total. The fourth-order valence-electron chi connectivity index (χ4n) is 3.59. The van der Waals surface area contributed by atoms with Crippen LogP contribution in [0.15, 0.2) is 30.3 Å². The van der Waals surface area contributed by atoms with Gasteiger partial charge < -0.3 is 29.0 Å². The molecule has 2 aromatic heterocycles. The number of thiazole rings is 1. The molecule has 0 saturated heterocycles. The largest absolute Gasteiger partial charge is 0.493 e. The number of benzene rings is 2. The average Bonchev–Trinajstić information content (AvgIpc) is 3.27. The van der Waals surface area contributed by atoms with E-state index in [1.165, 1.54) is 11.3 Å². The lowest BCUT2D eigenvalue weighted by atomic mass is 10.2. The normalized spacial score (nSPS) is 10.6. The van der Waals surface area contributed by atoms with Crippen LogP contribution in [0.25, 0.3) is 10.9 Å². The number of methoxy groups -OCH3 is 4. The number of nitrogens with one attached hydrogen (secondary N) is 2. The number of aromatic nitrogens is 3. The van der Waals surface area contributed by atoms with Crippen LogP contribution in [-0.4, -0.2) is 56.0 Å². The van der Waals surface area contributed by atoms with E-state index in [2.05, 4.69) is 25.6 Å². The van der Waals surface area contributed by atoms with Crippen LogP contribution in [-0.2, 0) is 4.74 Å². The Balaban J connectivity index is 1.78. The Morgan fingerprint density at radius 2 is 1.54 bits per heavy atom. The summed E-state index contributed by atoms with van der Waals surface area (Å²) >= 11 is 1.17. The van der Waals surface area contributed by atoms with Gasteiger partial charge in [0.15, 0.2) is 28.1 Å². The molecule has 0 radical (unpaired) electrons. The Hall–Kier alpha value is -4.32. The summed E-state index contributed by atoms with van der Waals surface area (Å²) in [5.41, 5.74) is 1.87. The number of carbonyl (C=O) groups excluding carboxylic acids is 1. The lowest BCUT2D eigenvalue weighted by molar-refractivity contribution is 0.0531. The van der Waals surface area contributed by atoms with Crippen molar-refractivity contribution in [3.63, 3.8) is 0 Å². The third kappa shape index (κ3) is 5.43. The maximum atomic E-state index is 12.2. The van der Waals surface area contributed by atoms with E-state index >= 15 is 0 Å². The summed E-state index contributed by atoms with van der Waals surface area (Å²) in [7, 11) is 6.27. The molecule has 0 saturated carbocycles. The molecule has 194 valence electrons. The van der Waals surface area contributed by atoms with Gasteiger partial charge in [0, 0.05) is 23.2 Å². The smallest absolute Gasteiger partial charge is 0.350 e. The number of fused-ring (bicyclic) bond motifs is 1. The SMILES string of the molecule is CCOC(=O)c1sc(Nc2nc(Nc3ccc(OC)c(OC)c3)c3cc(OC)c(OC)cc3n2)nc1C. The van der Waals surface area contributed by atoms with Crippen molar-refractivity contribution in [1.82, 2.24) is 15.0 Å². The van der Waals surface area contributed by atoms with E-state index in [0.717, 1.165) is 0 Å². The summed E-state index contributed by atoms with van der Waals surface area (Å²) < 4.78 is 26.8. The zero-order valence-corrected chi connectivity index (χ0v) is 22.1. The van der Waals surface area contributed by atoms with Gasteiger partial charge in [0.05, 0.1) is 46.3 Å². The third-order valence-corrected chi connectivity index (χ3v) is 6.38. The molecular weight excluding hydrogens is 498 g/mol. The molecule has 0 atom stereocenters. The van der Waals surface area contributed by atoms with Crippen molar-refractivity contribution < 1.29 is 28.5 Å². The Kier molecular flexibility index (Phi) is 7.77. The molecule has 0 aliphatic heterocycles. The molecule has 4 aromatic rings. The van der Waals surface area contributed by atoms with Crippen LogP contribution < -0.4 is 29.6 Å². The standard InChI is InChI=1S/C25H27N5O6S/c1-7-36-23(31)21-13(2)26-25(37-21)30-24-28-16-12-20(35-6)19(34-5)11-15(16)22(29-24)27-14-8-9-17(32-3)18(10-14)33-4/h8-12H,7H2,1-6H3,(H2,26,27,28,29,30). The maximum Gasteiger partial charge on any atom is 0.350 e. The van der Waals surface area contributed by atoms with Crippen molar-refractivity contribution in [3.05, 3.63) is 40.9 Å². The molecule has 0 amide bonds. The van der Waals surface area contributed by atoms with Gasteiger partial charge >= 0.3 is 5.97 Å². The number of rotatable bonds is 10. The van der Waals surface area contributed by atoms with E-state index in [0.29, 0.717) is 61.1 Å². The van der Waals surface area contributed by atoms with Gasteiger partial charge in [-0.15, -0.1) is 0 Å². The molecule has 0 spiro atoms. The van der Waals surface area contributed by atoms with Crippen LogP contribution in [0, 0.1) is 6.92 Å². The minimum absolute atomic E-state index is 0.270. The van der Waals surface area contributed by atoms with Gasteiger partial charge in [-0.3, -0.25) is 5.32 Å². The predicted molar refractivity (Wildman–Crippen MR) is 142 cm³/mol. The monoisotopic (exact) mass is 525 g/mol. The molecule has 2 heterocycles. The molecule has 37 heavy (non-hydrogen) atoms. The van der Waals surface area contributed by atoms with E-state index < -0.39 is 5.97 Å². The number of ether oxygens (including phenoxy) is 5. The first-order valence-corrected chi connectivity index (χ1v) is 12.1. The fourth-order valence-corrected chi connectivity index (χ4v) is 4.44. The number of carbonyl (C=O) groups is 1. The van der Waals surface area contributed by atoms with Crippen LogP contribution in [0.5, 0.6) is 23.0 Å². The zero-order valence-electron chi connectivity index (χ0n) is 21.3. The van der Waals surface area contributed by atoms with Crippen molar-refractivity contribution in [2.24, 2.45) is 0 Å². The molecular formula is C25H27N5O6S. The van der Waals surface area contributed by atoms with Gasteiger partial charge in [-0.1, -0.05) is 11.3 Å². The summed E-state index contributed by atoms with van der Waals surface area (Å²) in [6.07, 6.45) is 0. The maximum absolute atomic E-state index is 12.2. The van der Waals surface area contributed by atoms with E-state index in [9.17, 15) is 4.79 Å². The lowest BCUT2D eigenvalue weighted by Crippen LogP contribution is -2.03. The number of nitrogens with zero attached hydrogens (tertiary/aromatic N) is 3. The molecule has 2 aromatic carbocycles. The molecule has 0 bridgehead atoms. The Labute approximate surface area is 217 Å². The Morgan fingerprint density at radius 1 is 0.865 bits per heavy atom. The van der Waals surface area contributed by atoms with Gasteiger partial charge in [-0.25, -0.2) is 14.8 Å². The van der Waals surface area contributed by atoms with Crippen molar-refractivity contribution >= 4 is 50.8 Å². The highest BCUT2D eigenvalue weighted by Crippen LogP contribution is 2.37. The highest BCUT2D eigenvalue weighted by molar-refractivity contribution is 7.17. The second-order valence-electron chi connectivity index (χ2n) is 7.59. The second-order valence-corrected chi connectivity index (χ2v) is 8.59. The first-order chi connectivity index (χ1) is 17.9. The van der Waals surface area contributed by atoms with E-state index in [1.807, 2.05) is 6.07 Å². The van der Waals surface area contributed by atoms with Crippen LogP contribution in [0.3, 0.4) is 0 Å². The van der Waals surface area contributed by atoms with Crippen LogP contribution >= 0.6 is 11.3 Å². The van der Waals surface area contributed by atoms with E-state index in [-0.39, 0.29) is 12.6 Å². The van der Waals surface area contributed by atoms with Crippen LogP contribution in [0.2, 0.25) is 0 Å². The number of esters is 1. The molecule has 4 rings (SSSR count).